The van der Waals surface area contributed by atoms with E-state index < -0.39 is 6.43 Å². The van der Waals surface area contributed by atoms with Crippen LogP contribution in [0.5, 0.6) is 0 Å². The van der Waals surface area contributed by atoms with Gasteiger partial charge in [-0.15, -0.1) is 0 Å². The van der Waals surface area contributed by atoms with Crippen molar-refractivity contribution in [2.24, 2.45) is 23.2 Å². The predicted molar refractivity (Wildman–Crippen MR) is 109 cm³/mol. The van der Waals surface area contributed by atoms with Gasteiger partial charge in [0.25, 0.3) is 6.43 Å². The minimum Gasteiger partial charge on any atom is -0.351 e. The van der Waals surface area contributed by atoms with E-state index in [4.69, 9.17) is 0 Å². The monoisotopic (exact) mass is 423 g/mol. The standard InChI is InChI=1S/C23H35F2N3O2/c24-20(25)14-27-6-3-18(4-7-27)26-21(29)19-2-1-5-28(19)22(30)23-11-15-8-16(12-23)10-17(9-15)13-23/h15-20H,1-14H2,(H,26,29). The molecule has 4 saturated carbocycles. The molecule has 0 aromatic heterocycles. The number of likely N-dealkylation sites (tertiary alicyclic amines) is 2. The lowest BCUT2D eigenvalue weighted by atomic mass is 9.49. The molecule has 2 saturated heterocycles. The molecule has 6 rings (SSSR count). The second-order valence-electron chi connectivity index (χ2n) is 10.8. The van der Waals surface area contributed by atoms with Crippen molar-refractivity contribution in [1.29, 1.82) is 0 Å². The number of carbonyl (C=O) groups is 2. The van der Waals surface area contributed by atoms with Crippen LogP contribution in [0.1, 0.15) is 64.2 Å². The smallest absolute Gasteiger partial charge is 0.251 e. The molecule has 30 heavy (non-hydrogen) atoms. The molecule has 5 nitrogen and oxygen atoms in total. The summed E-state index contributed by atoms with van der Waals surface area (Å²) in [6, 6.07) is -0.312. The molecule has 6 aliphatic rings. The highest BCUT2D eigenvalue weighted by Crippen LogP contribution is 2.60. The van der Waals surface area contributed by atoms with Crippen LogP contribution in [0.4, 0.5) is 8.78 Å². The first-order valence-electron chi connectivity index (χ1n) is 12.0. The quantitative estimate of drug-likeness (QED) is 0.740. The molecule has 0 radical (unpaired) electrons. The van der Waals surface area contributed by atoms with Gasteiger partial charge in [0, 0.05) is 25.7 Å². The number of carbonyl (C=O) groups excluding carboxylic acids is 2. The Balaban J connectivity index is 1.19. The van der Waals surface area contributed by atoms with E-state index in [2.05, 4.69) is 5.32 Å². The third-order valence-corrected chi connectivity index (χ3v) is 8.64. The third-order valence-electron chi connectivity index (χ3n) is 8.64. The average Bonchev–Trinajstić information content (AvgIpc) is 3.17. The van der Waals surface area contributed by atoms with Gasteiger partial charge in [-0.2, -0.15) is 0 Å². The lowest BCUT2D eigenvalue weighted by molar-refractivity contribution is -0.160. The number of piperidine rings is 1. The van der Waals surface area contributed by atoms with Crippen molar-refractivity contribution in [3.63, 3.8) is 0 Å². The van der Waals surface area contributed by atoms with Crippen LogP contribution in [0, 0.1) is 23.2 Å². The molecule has 2 amide bonds. The first kappa shape index (κ1) is 20.7. The van der Waals surface area contributed by atoms with Crippen LogP contribution in [0.3, 0.4) is 0 Å². The van der Waals surface area contributed by atoms with Crippen LogP contribution in [0.2, 0.25) is 0 Å². The van der Waals surface area contributed by atoms with Gasteiger partial charge in [-0.25, -0.2) is 8.78 Å². The van der Waals surface area contributed by atoms with Crippen molar-refractivity contribution in [3.8, 4) is 0 Å². The first-order chi connectivity index (χ1) is 14.4. The summed E-state index contributed by atoms with van der Waals surface area (Å²) < 4.78 is 25.1. The number of alkyl halides is 2. The Morgan fingerprint density at radius 1 is 0.933 bits per heavy atom. The highest BCUT2D eigenvalue weighted by atomic mass is 19.3. The Kier molecular flexibility index (Phi) is 5.53. The second-order valence-corrected chi connectivity index (χ2v) is 10.8. The molecular formula is C23H35F2N3O2. The molecular weight excluding hydrogens is 388 g/mol. The maximum atomic E-state index is 13.7. The molecule has 0 aromatic carbocycles. The van der Waals surface area contributed by atoms with Gasteiger partial charge in [-0.05, 0) is 82.0 Å². The molecule has 1 N–H and O–H groups in total. The largest absolute Gasteiger partial charge is 0.351 e. The molecule has 1 atom stereocenters. The van der Waals surface area contributed by atoms with Gasteiger partial charge < -0.3 is 10.2 Å². The van der Waals surface area contributed by atoms with Gasteiger partial charge in [-0.1, -0.05) is 0 Å². The fourth-order valence-corrected chi connectivity index (χ4v) is 7.71. The Morgan fingerprint density at radius 3 is 2.10 bits per heavy atom. The Morgan fingerprint density at radius 2 is 1.53 bits per heavy atom. The summed E-state index contributed by atoms with van der Waals surface area (Å²) >= 11 is 0. The molecule has 2 aliphatic heterocycles. The van der Waals surface area contributed by atoms with Crippen molar-refractivity contribution in [2.45, 2.75) is 82.7 Å². The zero-order chi connectivity index (χ0) is 20.9. The Labute approximate surface area is 177 Å². The van der Waals surface area contributed by atoms with Gasteiger partial charge in [0.05, 0.1) is 12.0 Å². The van der Waals surface area contributed by atoms with Crippen LogP contribution < -0.4 is 5.32 Å². The molecule has 6 fully saturated rings. The number of hydrogen-bond acceptors (Lipinski definition) is 3. The van der Waals surface area contributed by atoms with Gasteiger partial charge in [0.1, 0.15) is 6.04 Å². The van der Waals surface area contributed by atoms with Crippen molar-refractivity contribution < 1.29 is 18.4 Å². The summed E-state index contributed by atoms with van der Waals surface area (Å²) in [6.45, 7) is 1.70. The normalized spacial score (nSPS) is 39.1. The number of halogens is 2. The fourth-order valence-electron chi connectivity index (χ4n) is 7.71. The zero-order valence-corrected chi connectivity index (χ0v) is 17.8. The van der Waals surface area contributed by atoms with Crippen LogP contribution in [-0.4, -0.2) is 66.3 Å². The zero-order valence-electron chi connectivity index (χ0n) is 17.8. The number of hydrogen-bond donors (Lipinski definition) is 1. The molecule has 4 bridgehead atoms. The van der Waals surface area contributed by atoms with Gasteiger partial charge >= 0.3 is 0 Å². The lowest BCUT2D eigenvalue weighted by Gasteiger charge is -2.56. The van der Waals surface area contributed by atoms with Gasteiger partial charge in [0.2, 0.25) is 11.8 Å². The van der Waals surface area contributed by atoms with E-state index >= 15 is 0 Å². The summed E-state index contributed by atoms with van der Waals surface area (Å²) in [6.07, 6.45) is 7.75. The van der Waals surface area contributed by atoms with E-state index in [1.165, 1.54) is 19.3 Å². The Hall–Kier alpha value is -1.24. The number of rotatable bonds is 5. The van der Waals surface area contributed by atoms with Crippen molar-refractivity contribution in [1.82, 2.24) is 15.1 Å². The van der Waals surface area contributed by atoms with Gasteiger partial charge in [-0.3, -0.25) is 14.5 Å². The summed E-state index contributed by atoms with van der Waals surface area (Å²) in [5.74, 6) is 2.37. The number of nitrogens with zero attached hydrogens (tertiary/aromatic N) is 2. The second kappa shape index (κ2) is 8.03. The van der Waals surface area contributed by atoms with Crippen LogP contribution in [0.25, 0.3) is 0 Å². The fraction of sp³-hybridized carbons (Fsp3) is 0.913. The first-order valence-corrected chi connectivity index (χ1v) is 12.0. The summed E-state index contributed by atoms with van der Waals surface area (Å²) in [4.78, 5) is 30.5. The average molecular weight is 424 g/mol. The van der Waals surface area contributed by atoms with Crippen molar-refractivity contribution >= 4 is 11.8 Å². The third kappa shape index (κ3) is 3.87. The highest BCUT2D eigenvalue weighted by Gasteiger charge is 2.56. The molecule has 0 aromatic rings. The van der Waals surface area contributed by atoms with E-state index in [1.54, 1.807) is 4.90 Å². The lowest BCUT2D eigenvalue weighted by Crippen LogP contribution is -2.58. The van der Waals surface area contributed by atoms with E-state index in [1.807, 2.05) is 4.90 Å². The maximum Gasteiger partial charge on any atom is 0.251 e. The number of amides is 2. The topological polar surface area (TPSA) is 52.7 Å². The van der Waals surface area contributed by atoms with Crippen molar-refractivity contribution in [2.75, 3.05) is 26.2 Å². The van der Waals surface area contributed by atoms with Crippen LogP contribution >= 0.6 is 0 Å². The minimum absolute atomic E-state index is 0.0297. The summed E-state index contributed by atoms with van der Waals surface area (Å²) in [5.41, 5.74) is -0.196. The van der Waals surface area contributed by atoms with Crippen LogP contribution in [-0.2, 0) is 9.59 Å². The molecule has 2 heterocycles. The van der Waals surface area contributed by atoms with E-state index in [0.717, 1.165) is 32.1 Å². The molecule has 0 spiro atoms. The molecule has 7 heteroatoms. The molecule has 1 unspecified atom stereocenters. The summed E-state index contributed by atoms with van der Waals surface area (Å²) in [7, 11) is 0. The van der Waals surface area contributed by atoms with Gasteiger partial charge in [0.15, 0.2) is 0 Å². The van der Waals surface area contributed by atoms with E-state index in [9.17, 15) is 18.4 Å². The molecule has 4 aliphatic carbocycles. The van der Waals surface area contributed by atoms with Crippen molar-refractivity contribution in [3.05, 3.63) is 0 Å². The highest BCUT2D eigenvalue weighted by molar-refractivity contribution is 5.91. The molecule has 168 valence electrons. The maximum absolute atomic E-state index is 13.7. The van der Waals surface area contributed by atoms with E-state index in [-0.39, 0.29) is 35.9 Å². The summed E-state index contributed by atoms with van der Waals surface area (Å²) in [5, 5.41) is 3.15. The Bertz CT molecular complexity index is 642. The predicted octanol–water partition coefficient (Wildman–Crippen LogP) is 3.04. The number of nitrogens with one attached hydrogen (secondary N) is 1. The van der Waals surface area contributed by atoms with Crippen LogP contribution in [0.15, 0.2) is 0 Å². The SMILES string of the molecule is O=C(NC1CCN(CC(F)F)CC1)C1CCCN1C(=O)C12CC3CC(CC(C3)C1)C2. The van der Waals surface area contributed by atoms with E-state index in [0.29, 0.717) is 50.2 Å². The minimum atomic E-state index is -2.31.